The minimum absolute atomic E-state index is 0.307. The summed E-state index contributed by atoms with van der Waals surface area (Å²) in [6.45, 7) is 3.56. The summed E-state index contributed by atoms with van der Waals surface area (Å²) in [6, 6.07) is 1.75. The van der Waals surface area contributed by atoms with Crippen LogP contribution in [0.25, 0.3) is 0 Å². The van der Waals surface area contributed by atoms with E-state index < -0.39 is 6.10 Å². The molecule has 0 radical (unpaired) electrons. The van der Waals surface area contributed by atoms with E-state index in [1.54, 1.807) is 12.3 Å². The fourth-order valence-electron chi connectivity index (χ4n) is 2.31. The van der Waals surface area contributed by atoms with Crippen LogP contribution in [0.5, 0.6) is 0 Å². The van der Waals surface area contributed by atoms with E-state index >= 15 is 0 Å². The van der Waals surface area contributed by atoms with Crippen molar-refractivity contribution in [3.63, 3.8) is 0 Å². The summed E-state index contributed by atoms with van der Waals surface area (Å²) < 4.78 is 5.34. The van der Waals surface area contributed by atoms with Crippen LogP contribution in [-0.2, 0) is 4.74 Å². The van der Waals surface area contributed by atoms with E-state index in [1.807, 2.05) is 6.92 Å². The molecule has 5 heteroatoms. The molecule has 5 nitrogen and oxygen atoms in total. The standard InChI is InChI=1S/C12H19N3O2/c1-9-14-5-2-10(15-9)11(16)12(8-13)3-6-17-7-4-12/h2,5,11,16H,3-4,6-8,13H2,1H3. The molecule has 0 amide bonds. The van der Waals surface area contributed by atoms with Crippen molar-refractivity contribution in [2.45, 2.75) is 25.9 Å². The van der Waals surface area contributed by atoms with Crippen molar-refractivity contribution in [2.24, 2.45) is 11.1 Å². The zero-order chi connectivity index (χ0) is 12.3. The summed E-state index contributed by atoms with van der Waals surface area (Å²) in [7, 11) is 0. The van der Waals surface area contributed by atoms with Crippen LogP contribution in [0.1, 0.15) is 30.5 Å². The van der Waals surface area contributed by atoms with Crippen molar-refractivity contribution in [1.82, 2.24) is 9.97 Å². The molecule has 1 unspecified atom stereocenters. The van der Waals surface area contributed by atoms with Gasteiger partial charge in [-0.05, 0) is 25.8 Å². The molecule has 0 bridgehead atoms. The van der Waals surface area contributed by atoms with E-state index in [1.165, 1.54) is 0 Å². The van der Waals surface area contributed by atoms with Gasteiger partial charge in [-0.1, -0.05) is 0 Å². The van der Waals surface area contributed by atoms with Crippen LogP contribution >= 0.6 is 0 Å². The van der Waals surface area contributed by atoms with Crippen LogP contribution in [-0.4, -0.2) is 34.8 Å². The highest BCUT2D eigenvalue weighted by Crippen LogP contribution is 2.40. The molecule has 1 aliphatic rings. The summed E-state index contributed by atoms with van der Waals surface area (Å²) in [6.07, 6.45) is 2.57. The number of aliphatic hydroxyl groups excluding tert-OH is 1. The number of ether oxygens (including phenoxy) is 1. The maximum absolute atomic E-state index is 10.5. The van der Waals surface area contributed by atoms with Crippen molar-refractivity contribution in [3.8, 4) is 0 Å². The van der Waals surface area contributed by atoms with Crippen molar-refractivity contribution in [3.05, 3.63) is 23.8 Å². The summed E-state index contributed by atoms with van der Waals surface area (Å²) in [4.78, 5) is 8.32. The first-order valence-corrected chi connectivity index (χ1v) is 5.93. The Kier molecular flexibility index (Phi) is 3.71. The van der Waals surface area contributed by atoms with E-state index in [9.17, 15) is 5.11 Å². The number of rotatable bonds is 3. The quantitative estimate of drug-likeness (QED) is 0.803. The third kappa shape index (κ3) is 2.46. The molecule has 0 aromatic carbocycles. The molecule has 3 N–H and O–H groups in total. The fraction of sp³-hybridized carbons (Fsp3) is 0.667. The maximum Gasteiger partial charge on any atom is 0.125 e. The predicted octanol–water partition coefficient (Wildman–Crippen LogP) is 0.574. The largest absolute Gasteiger partial charge is 0.386 e. The third-order valence-electron chi connectivity index (χ3n) is 3.55. The number of hydrogen-bond acceptors (Lipinski definition) is 5. The van der Waals surface area contributed by atoms with Crippen LogP contribution in [0.2, 0.25) is 0 Å². The third-order valence-corrected chi connectivity index (χ3v) is 3.55. The first-order chi connectivity index (χ1) is 8.18. The number of aliphatic hydroxyl groups is 1. The van der Waals surface area contributed by atoms with E-state index in [0.717, 1.165) is 12.8 Å². The van der Waals surface area contributed by atoms with Gasteiger partial charge in [0.1, 0.15) is 11.9 Å². The van der Waals surface area contributed by atoms with Gasteiger partial charge in [0, 0.05) is 31.4 Å². The second-order valence-electron chi connectivity index (χ2n) is 4.61. The number of aryl methyl sites for hydroxylation is 1. The van der Waals surface area contributed by atoms with Gasteiger partial charge in [-0.3, -0.25) is 0 Å². The normalized spacial score (nSPS) is 21.1. The lowest BCUT2D eigenvalue weighted by Crippen LogP contribution is -2.42. The molecule has 17 heavy (non-hydrogen) atoms. The van der Waals surface area contributed by atoms with Gasteiger partial charge in [0.25, 0.3) is 0 Å². The molecule has 2 heterocycles. The molecule has 1 fully saturated rings. The highest BCUT2D eigenvalue weighted by atomic mass is 16.5. The Bertz CT molecular complexity index is 378. The Morgan fingerprint density at radius 1 is 1.53 bits per heavy atom. The van der Waals surface area contributed by atoms with Gasteiger partial charge in [0.05, 0.1) is 5.69 Å². The van der Waals surface area contributed by atoms with E-state index in [-0.39, 0.29) is 5.41 Å². The lowest BCUT2D eigenvalue weighted by Gasteiger charge is -2.39. The van der Waals surface area contributed by atoms with Crippen LogP contribution in [0.3, 0.4) is 0 Å². The van der Waals surface area contributed by atoms with Gasteiger partial charge in [0.15, 0.2) is 0 Å². The average molecular weight is 237 g/mol. The summed E-state index contributed by atoms with van der Waals surface area (Å²) >= 11 is 0. The van der Waals surface area contributed by atoms with Crippen LogP contribution in [0.15, 0.2) is 12.3 Å². The Hall–Kier alpha value is -1.04. The highest BCUT2D eigenvalue weighted by molar-refractivity contribution is 5.10. The van der Waals surface area contributed by atoms with Crippen LogP contribution in [0.4, 0.5) is 0 Å². The summed E-state index contributed by atoms with van der Waals surface area (Å²) in [5.74, 6) is 0.667. The first kappa shape index (κ1) is 12.4. The van der Waals surface area contributed by atoms with E-state index in [0.29, 0.717) is 31.3 Å². The maximum atomic E-state index is 10.5. The molecule has 1 aromatic rings. The Balaban J connectivity index is 2.24. The van der Waals surface area contributed by atoms with E-state index in [2.05, 4.69) is 9.97 Å². The van der Waals surface area contributed by atoms with Crippen molar-refractivity contribution >= 4 is 0 Å². The number of nitrogens with two attached hydrogens (primary N) is 1. The molecule has 0 aliphatic carbocycles. The molecule has 1 aliphatic heterocycles. The average Bonchev–Trinajstić information content (AvgIpc) is 2.38. The second-order valence-corrected chi connectivity index (χ2v) is 4.61. The Labute approximate surface area is 101 Å². The van der Waals surface area contributed by atoms with Gasteiger partial charge < -0.3 is 15.6 Å². The lowest BCUT2D eigenvalue weighted by atomic mass is 9.74. The second kappa shape index (κ2) is 5.08. The minimum atomic E-state index is -0.641. The van der Waals surface area contributed by atoms with Gasteiger partial charge in [-0.15, -0.1) is 0 Å². The monoisotopic (exact) mass is 237 g/mol. The number of nitrogens with zero attached hydrogens (tertiary/aromatic N) is 2. The molecule has 1 atom stereocenters. The predicted molar refractivity (Wildman–Crippen MR) is 63.3 cm³/mol. The molecule has 94 valence electrons. The van der Waals surface area contributed by atoms with E-state index in [4.69, 9.17) is 10.5 Å². The molecule has 1 saturated heterocycles. The fourth-order valence-corrected chi connectivity index (χ4v) is 2.31. The zero-order valence-corrected chi connectivity index (χ0v) is 10.1. The lowest BCUT2D eigenvalue weighted by molar-refractivity contribution is -0.0598. The Morgan fingerprint density at radius 2 is 2.24 bits per heavy atom. The van der Waals surface area contributed by atoms with Crippen molar-refractivity contribution in [1.29, 1.82) is 0 Å². The zero-order valence-electron chi connectivity index (χ0n) is 10.1. The topological polar surface area (TPSA) is 81.3 Å². The minimum Gasteiger partial charge on any atom is -0.386 e. The van der Waals surface area contributed by atoms with Crippen molar-refractivity contribution < 1.29 is 9.84 Å². The number of aromatic nitrogens is 2. The van der Waals surface area contributed by atoms with Crippen LogP contribution < -0.4 is 5.73 Å². The highest BCUT2D eigenvalue weighted by Gasteiger charge is 2.39. The van der Waals surface area contributed by atoms with Gasteiger partial charge in [-0.25, -0.2) is 9.97 Å². The van der Waals surface area contributed by atoms with Gasteiger partial charge in [0.2, 0.25) is 0 Å². The molecule has 0 spiro atoms. The molecule has 1 aromatic heterocycles. The molecular formula is C12H19N3O2. The molecule has 2 rings (SSSR count). The SMILES string of the molecule is Cc1nccc(C(O)C2(CN)CCOCC2)n1. The summed E-state index contributed by atoms with van der Waals surface area (Å²) in [5, 5.41) is 10.5. The van der Waals surface area contributed by atoms with Crippen LogP contribution in [0, 0.1) is 12.3 Å². The van der Waals surface area contributed by atoms with Gasteiger partial charge in [-0.2, -0.15) is 0 Å². The summed E-state index contributed by atoms with van der Waals surface area (Å²) in [5.41, 5.74) is 6.21. The molecule has 0 saturated carbocycles. The number of hydrogen-bond donors (Lipinski definition) is 2. The first-order valence-electron chi connectivity index (χ1n) is 5.93. The smallest absolute Gasteiger partial charge is 0.125 e. The molecular weight excluding hydrogens is 218 g/mol. The Morgan fingerprint density at radius 3 is 2.82 bits per heavy atom. The van der Waals surface area contributed by atoms with Crippen molar-refractivity contribution in [2.75, 3.05) is 19.8 Å². The van der Waals surface area contributed by atoms with Gasteiger partial charge >= 0.3 is 0 Å².